The van der Waals surface area contributed by atoms with Crippen LogP contribution in [0.25, 0.3) is 72.7 Å². The van der Waals surface area contributed by atoms with Crippen LogP contribution >= 0.6 is 0 Å². The maximum atomic E-state index is 12.2. The summed E-state index contributed by atoms with van der Waals surface area (Å²) in [5, 5.41) is 12.2. The van der Waals surface area contributed by atoms with Gasteiger partial charge in [0.1, 0.15) is 11.6 Å². The van der Waals surface area contributed by atoms with E-state index in [9.17, 15) is 5.11 Å². The zero-order chi connectivity index (χ0) is 48.5. The molecule has 2 aromatic heterocycles. The monoisotopic (exact) mass is 768 g/mol. The van der Waals surface area contributed by atoms with Crippen molar-refractivity contribution in [2.75, 3.05) is 0 Å². The van der Waals surface area contributed by atoms with E-state index in [1.54, 1.807) is 24.4 Å². The summed E-state index contributed by atoms with van der Waals surface area (Å²) in [6.07, 6.45) is 1.67. The average molecular weight is 769 g/mol. The Morgan fingerprint density at radius 3 is 1.84 bits per heavy atom. The van der Waals surface area contributed by atoms with E-state index in [1.807, 2.05) is 78.9 Å². The zero-order valence-corrected chi connectivity index (χ0v) is 33.7. The van der Waals surface area contributed by atoms with Gasteiger partial charge in [0.25, 0.3) is 0 Å². The van der Waals surface area contributed by atoms with Gasteiger partial charge >= 0.3 is 0 Å². The molecule has 8 rings (SSSR count). The van der Waals surface area contributed by atoms with E-state index in [0.717, 1.165) is 55.7 Å². The summed E-state index contributed by atoms with van der Waals surface area (Å²) in [6, 6.07) is 46.0. The maximum absolute atomic E-state index is 12.2. The van der Waals surface area contributed by atoms with Crippen molar-refractivity contribution in [3.05, 3.63) is 168 Å². The molecule has 58 heavy (non-hydrogen) atoms. The number of hydrogen-bond donors (Lipinski definition) is 1. The number of rotatable bonds is 6. The van der Waals surface area contributed by atoms with E-state index in [1.165, 1.54) is 12.1 Å². The first-order valence-electron chi connectivity index (χ1n) is 24.0. The van der Waals surface area contributed by atoms with Gasteiger partial charge in [-0.25, -0.2) is 4.98 Å². The van der Waals surface area contributed by atoms with Crippen molar-refractivity contribution in [1.82, 2.24) is 14.5 Å². The van der Waals surface area contributed by atoms with Crippen LogP contribution in [-0.2, 0) is 16.2 Å². The van der Waals surface area contributed by atoms with E-state index < -0.39 is 26.0 Å². The number of pyridine rings is 1. The number of para-hydroxylation sites is 2. The average Bonchev–Trinajstić information content (AvgIpc) is 3.65. The predicted octanol–water partition coefficient (Wildman–Crippen LogP) is 14.4. The predicted molar refractivity (Wildman–Crippen MR) is 244 cm³/mol. The third-order valence-electron chi connectivity index (χ3n) is 10.8. The Morgan fingerprint density at radius 2 is 1.17 bits per heavy atom. The van der Waals surface area contributed by atoms with Crippen LogP contribution < -0.4 is 0 Å². The lowest BCUT2D eigenvalue weighted by molar-refractivity contribution is 0.446. The first kappa shape index (κ1) is 29.0. The Kier molecular flexibility index (Phi) is 7.31. The molecule has 0 atom stereocenters. The van der Waals surface area contributed by atoms with Gasteiger partial charge in [0.15, 0.2) is 0 Å². The number of aromatic hydroxyl groups is 1. The van der Waals surface area contributed by atoms with Gasteiger partial charge in [0, 0.05) is 40.9 Å². The van der Waals surface area contributed by atoms with Gasteiger partial charge < -0.3 is 5.11 Å². The smallest absolute Gasteiger partial charge is 0.149 e. The molecule has 0 amide bonds. The molecular weight excluding hydrogens is 707 g/mol. The van der Waals surface area contributed by atoms with Crippen LogP contribution in [0.5, 0.6) is 5.75 Å². The van der Waals surface area contributed by atoms with Crippen LogP contribution in [0.15, 0.2) is 152 Å². The summed E-state index contributed by atoms with van der Waals surface area (Å²) < 4.78 is 75.7. The summed E-state index contributed by atoms with van der Waals surface area (Å²) in [7, 11) is 0. The van der Waals surface area contributed by atoms with Crippen LogP contribution in [-0.4, -0.2) is 19.6 Å². The Balaban J connectivity index is 1.32. The molecule has 6 aromatic carbocycles. The fraction of sp³-hybridized carbons (Fsp3) is 0.222. The molecule has 0 aliphatic carbocycles. The van der Waals surface area contributed by atoms with Gasteiger partial charge in [-0.15, -0.1) is 0 Å². The molecule has 4 heteroatoms. The van der Waals surface area contributed by atoms with Crippen molar-refractivity contribution in [2.24, 2.45) is 0 Å². The Morgan fingerprint density at radius 1 is 0.517 bits per heavy atom. The first-order chi connectivity index (χ1) is 31.3. The SMILES string of the molecule is [2H]C([2H])([2H])C(c1ccc(-c2ccnc(-c3cc(-c4ccccc4)cc(-c4cccc5c4nc(-c4cc(C(C)(C)C)cc(C(C)(C)C)c4O)n5-c4ccccc4)c3)c2)cc1)(C([2H])([2H])[2H])C([2H])([2H])[2H]. The number of fused-ring (bicyclic) bond motifs is 1. The Bertz CT molecular complexity index is 3070. The third-order valence-corrected chi connectivity index (χ3v) is 10.8. The molecule has 0 saturated carbocycles. The highest BCUT2D eigenvalue weighted by atomic mass is 16.3. The summed E-state index contributed by atoms with van der Waals surface area (Å²) >= 11 is 0. The minimum absolute atomic E-state index is 0.189. The van der Waals surface area contributed by atoms with Crippen molar-refractivity contribution in [2.45, 2.75) is 78.3 Å². The van der Waals surface area contributed by atoms with Crippen molar-refractivity contribution in [3.8, 4) is 67.5 Å². The molecule has 8 aromatic rings. The zero-order valence-electron chi connectivity index (χ0n) is 42.7. The van der Waals surface area contributed by atoms with Crippen LogP contribution in [0.3, 0.4) is 0 Å². The number of imidazole rings is 1. The van der Waals surface area contributed by atoms with Gasteiger partial charge in [0.2, 0.25) is 0 Å². The van der Waals surface area contributed by atoms with Crippen LogP contribution in [0.4, 0.5) is 0 Å². The summed E-state index contributed by atoms with van der Waals surface area (Å²) in [6.45, 7) is 2.73. The van der Waals surface area contributed by atoms with E-state index in [2.05, 4.69) is 82.5 Å². The molecule has 0 spiro atoms. The number of aromatic nitrogens is 3. The number of phenols is 1. The third kappa shape index (κ3) is 7.47. The van der Waals surface area contributed by atoms with E-state index in [-0.39, 0.29) is 22.1 Å². The molecule has 0 saturated heterocycles. The highest BCUT2D eigenvalue weighted by Gasteiger charge is 2.28. The van der Waals surface area contributed by atoms with Crippen molar-refractivity contribution < 1.29 is 17.4 Å². The number of hydrogen-bond acceptors (Lipinski definition) is 3. The largest absolute Gasteiger partial charge is 0.507 e. The summed E-state index contributed by atoms with van der Waals surface area (Å²) in [5.41, 5.74) is 7.44. The number of benzene rings is 6. The van der Waals surface area contributed by atoms with Gasteiger partial charge in [-0.05, 0) is 110 Å². The maximum Gasteiger partial charge on any atom is 0.149 e. The van der Waals surface area contributed by atoms with Gasteiger partial charge in [-0.2, -0.15) is 0 Å². The standard InChI is InChI=1S/C54H53N3O/c1-52(2,3)41-25-23-36(24-26-41)37-27-28-55-47(32-37)40-30-38(35-17-12-10-13-18-35)29-39(31-40)44-21-16-22-48-49(44)56-51(57(48)43-19-14-11-15-20-43)45-33-42(53(4,5)6)34-46(50(45)58)54(7,8)9/h10-34,58H,1-9H3/i1D3,2D3,3D3. The summed E-state index contributed by atoms with van der Waals surface area (Å²) in [4.78, 5) is 10.3. The molecule has 2 heterocycles. The molecule has 0 bridgehead atoms. The van der Waals surface area contributed by atoms with Crippen molar-refractivity contribution in [3.63, 3.8) is 0 Å². The van der Waals surface area contributed by atoms with Gasteiger partial charge in [-0.1, -0.05) is 153 Å². The second-order valence-corrected chi connectivity index (χ2v) is 17.1. The Hall–Kier alpha value is -6.26. The van der Waals surface area contributed by atoms with Crippen LogP contribution in [0, 0.1) is 0 Å². The Labute approximate surface area is 356 Å². The van der Waals surface area contributed by atoms with Crippen LogP contribution in [0.1, 0.15) is 91.1 Å². The minimum Gasteiger partial charge on any atom is -0.507 e. The normalized spacial score (nSPS) is 15.2. The summed E-state index contributed by atoms with van der Waals surface area (Å²) in [5.74, 6) is 0.797. The van der Waals surface area contributed by atoms with Crippen LogP contribution in [0.2, 0.25) is 0 Å². The lowest BCUT2D eigenvalue weighted by Crippen LogP contribution is -2.17. The molecule has 0 radical (unpaired) electrons. The molecule has 4 nitrogen and oxygen atoms in total. The van der Waals surface area contributed by atoms with E-state index in [0.29, 0.717) is 28.2 Å². The van der Waals surface area contributed by atoms with Gasteiger partial charge in [0.05, 0.1) is 22.3 Å². The minimum atomic E-state index is -3.36. The van der Waals surface area contributed by atoms with Crippen molar-refractivity contribution in [1.29, 1.82) is 0 Å². The fourth-order valence-electron chi connectivity index (χ4n) is 7.57. The lowest BCUT2D eigenvalue weighted by Gasteiger charge is -2.27. The first-order valence-corrected chi connectivity index (χ1v) is 19.5. The second-order valence-electron chi connectivity index (χ2n) is 17.1. The van der Waals surface area contributed by atoms with Crippen molar-refractivity contribution >= 4 is 11.0 Å². The molecular formula is C54H53N3O. The highest BCUT2D eigenvalue weighted by molar-refractivity contribution is 5.97. The molecule has 1 N–H and O–H groups in total. The number of nitrogens with zero attached hydrogens (tertiary/aromatic N) is 3. The molecule has 0 aliphatic rings. The quantitative estimate of drug-likeness (QED) is 0.183. The number of phenolic OH excluding ortho intramolecular Hbond substituents is 1. The highest BCUT2D eigenvalue weighted by Crippen LogP contribution is 2.45. The molecule has 290 valence electrons. The van der Waals surface area contributed by atoms with Gasteiger partial charge in [-0.3, -0.25) is 9.55 Å². The fourth-order valence-corrected chi connectivity index (χ4v) is 7.57. The second kappa shape index (κ2) is 14.6. The van der Waals surface area contributed by atoms with E-state index >= 15 is 0 Å². The molecule has 0 aliphatic heterocycles. The molecule has 0 unspecified atom stereocenters. The lowest BCUT2D eigenvalue weighted by atomic mass is 9.79. The van der Waals surface area contributed by atoms with E-state index in [4.69, 9.17) is 22.3 Å². The topological polar surface area (TPSA) is 50.9 Å². The molecule has 0 fully saturated rings.